The van der Waals surface area contributed by atoms with Gasteiger partial charge in [0.05, 0.1) is 0 Å². The molecule has 16 heavy (non-hydrogen) atoms. The molecule has 0 bridgehead atoms. The van der Waals surface area contributed by atoms with E-state index in [0.29, 0.717) is 10.6 Å². The van der Waals surface area contributed by atoms with Gasteiger partial charge in [0, 0.05) is 6.20 Å². The summed E-state index contributed by atoms with van der Waals surface area (Å²) in [5, 5.41) is 18.7. The monoisotopic (exact) mass is 239 g/mol. The van der Waals surface area contributed by atoms with Gasteiger partial charge in [-0.15, -0.1) is 0 Å². The Hall–Kier alpha value is -0.510. The Morgan fingerprint density at radius 3 is 2.62 bits per heavy atom. The van der Waals surface area contributed by atoms with E-state index in [9.17, 15) is 0 Å². The first kappa shape index (κ1) is 13.6. The van der Waals surface area contributed by atoms with Gasteiger partial charge >= 0.3 is 7.12 Å². The van der Waals surface area contributed by atoms with Gasteiger partial charge in [0.25, 0.3) is 0 Å². The van der Waals surface area contributed by atoms with E-state index in [-0.39, 0.29) is 5.31 Å². The van der Waals surface area contributed by atoms with E-state index in [1.54, 1.807) is 6.07 Å². The highest BCUT2D eigenvalue weighted by Gasteiger charge is 2.22. The fourth-order valence-corrected chi connectivity index (χ4v) is 1.59. The third-order valence-electron chi connectivity index (χ3n) is 2.86. The molecule has 0 saturated carbocycles. The molecule has 0 spiro atoms. The maximum Gasteiger partial charge on any atom is 0.489 e. The number of pyridine rings is 1. The van der Waals surface area contributed by atoms with Gasteiger partial charge in [0.1, 0.15) is 5.15 Å². The zero-order valence-corrected chi connectivity index (χ0v) is 10.6. The number of rotatable bonds is 4. The summed E-state index contributed by atoms with van der Waals surface area (Å²) in [7, 11) is -0.719. The fourth-order valence-electron chi connectivity index (χ4n) is 1.42. The molecule has 0 aliphatic heterocycles. The Balaban J connectivity index is 2.99. The third kappa shape index (κ3) is 3.51. The molecule has 0 radical (unpaired) electrons. The van der Waals surface area contributed by atoms with Gasteiger partial charge in [0.15, 0.2) is 7.28 Å². The second-order valence-electron chi connectivity index (χ2n) is 4.79. The summed E-state index contributed by atoms with van der Waals surface area (Å²) in [5.41, 5.74) is 1.24. The van der Waals surface area contributed by atoms with Gasteiger partial charge in [-0.1, -0.05) is 50.2 Å². The Morgan fingerprint density at radius 2 is 2.12 bits per heavy atom. The summed E-state index contributed by atoms with van der Waals surface area (Å²) in [6, 6.07) is 1.71. The van der Waals surface area contributed by atoms with Gasteiger partial charge in [-0.2, -0.15) is 0 Å². The highest BCUT2D eigenvalue weighted by molar-refractivity contribution is 6.63. The topological polar surface area (TPSA) is 53.4 Å². The van der Waals surface area contributed by atoms with Crippen molar-refractivity contribution in [2.24, 2.45) is 0 Å². The van der Waals surface area contributed by atoms with Crippen LogP contribution in [0.3, 0.4) is 0 Å². The van der Waals surface area contributed by atoms with Crippen LogP contribution in [0.25, 0.3) is 0 Å². The van der Waals surface area contributed by atoms with Crippen molar-refractivity contribution in [3.05, 3.63) is 17.4 Å². The molecule has 1 heterocycles. The molecular formula is C10H16B2ClNO2. The molecule has 0 aliphatic carbocycles. The molecule has 1 aromatic heterocycles. The first-order chi connectivity index (χ1) is 7.35. The zero-order chi connectivity index (χ0) is 12.3. The van der Waals surface area contributed by atoms with E-state index in [4.69, 9.17) is 21.6 Å². The van der Waals surface area contributed by atoms with Crippen LogP contribution in [-0.2, 0) is 0 Å². The Morgan fingerprint density at radius 1 is 1.50 bits per heavy atom. The van der Waals surface area contributed by atoms with E-state index in [1.165, 1.54) is 6.20 Å². The van der Waals surface area contributed by atoms with Crippen molar-refractivity contribution in [1.29, 1.82) is 0 Å². The van der Waals surface area contributed by atoms with Crippen LogP contribution in [0.2, 0.25) is 10.5 Å². The lowest BCUT2D eigenvalue weighted by atomic mass is 9.49. The predicted octanol–water partition coefficient (Wildman–Crippen LogP) is 0.0851. The van der Waals surface area contributed by atoms with Crippen LogP contribution in [0.5, 0.6) is 0 Å². The smallest absolute Gasteiger partial charge is 0.423 e. The highest BCUT2D eigenvalue weighted by Crippen LogP contribution is 2.26. The fraction of sp³-hybridized carbons (Fsp3) is 0.500. The van der Waals surface area contributed by atoms with E-state index in [2.05, 4.69) is 25.8 Å². The Kier molecular flexibility index (Phi) is 4.42. The lowest BCUT2D eigenvalue weighted by Gasteiger charge is -2.21. The first-order valence-corrected chi connectivity index (χ1v) is 5.74. The summed E-state index contributed by atoms with van der Waals surface area (Å²) in [6.45, 7) is 6.41. The number of nitrogens with zero attached hydrogens (tertiary/aromatic N) is 1. The van der Waals surface area contributed by atoms with Crippen LogP contribution in [0.4, 0.5) is 0 Å². The lowest BCUT2D eigenvalue weighted by molar-refractivity contribution is 0.425. The van der Waals surface area contributed by atoms with Crippen molar-refractivity contribution in [2.45, 2.75) is 32.5 Å². The number of aromatic nitrogens is 1. The van der Waals surface area contributed by atoms with Gasteiger partial charge in [-0.25, -0.2) is 4.98 Å². The van der Waals surface area contributed by atoms with Crippen molar-refractivity contribution in [3.63, 3.8) is 0 Å². The molecule has 1 rings (SSSR count). The lowest BCUT2D eigenvalue weighted by Crippen LogP contribution is -2.36. The van der Waals surface area contributed by atoms with Crippen LogP contribution in [0.15, 0.2) is 12.3 Å². The highest BCUT2D eigenvalue weighted by atomic mass is 35.5. The van der Waals surface area contributed by atoms with Crippen LogP contribution in [-0.4, -0.2) is 29.4 Å². The molecule has 0 aliphatic rings. The molecule has 0 saturated heterocycles. The van der Waals surface area contributed by atoms with E-state index < -0.39 is 7.12 Å². The molecular weight excluding hydrogens is 223 g/mol. The van der Waals surface area contributed by atoms with Gasteiger partial charge < -0.3 is 10.0 Å². The van der Waals surface area contributed by atoms with Crippen molar-refractivity contribution < 1.29 is 10.0 Å². The number of halogens is 1. The molecule has 2 N–H and O–H groups in total. The molecule has 3 nitrogen and oxygen atoms in total. The average molecular weight is 239 g/mol. The van der Waals surface area contributed by atoms with Gasteiger partial charge in [-0.05, 0) is 10.9 Å². The number of hydrogen-bond donors (Lipinski definition) is 2. The minimum absolute atomic E-state index is 0.129. The zero-order valence-electron chi connectivity index (χ0n) is 9.87. The normalized spacial score (nSPS) is 11.4. The van der Waals surface area contributed by atoms with Crippen LogP contribution in [0, 0.1) is 0 Å². The minimum atomic E-state index is -1.49. The van der Waals surface area contributed by atoms with Gasteiger partial charge in [-0.3, -0.25) is 0 Å². The predicted molar refractivity (Wildman–Crippen MR) is 70.2 cm³/mol. The first-order valence-electron chi connectivity index (χ1n) is 5.36. The maximum atomic E-state index is 9.07. The molecule has 0 unspecified atom stereocenters. The quantitative estimate of drug-likeness (QED) is 0.578. The van der Waals surface area contributed by atoms with Gasteiger partial charge in [0.2, 0.25) is 0 Å². The second-order valence-corrected chi connectivity index (χ2v) is 5.14. The van der Waals surface area contributed by atoms with E-state index >= 15 is 0 Å². The molecule has 1 aromatic rings. The summed E-state index contributed by atoms with van der Waals surface area (Å²) >= 11 is 5.99. The van der Waals surface area contributed by atoms with Crippen molar-refractivity contribution >= 4 is 36.9 Å². The largest absolute Gasteiger partial charge is 0.489 e. The van der Waals surface area contributed by atoms with Crippen LogP contribution in [0.1, 0.15) is 27.2 Å². The van der Waals surface area contributed by atoms with Crippen molar-refractivity contribution in [1.82, 2.24) is 4.98 Å². The van der Waals surface area contributed by atoms with E-state index in [1.807, 2.05) is 0 Å². The Bertz CT molecular complexity index is 372. The number of hydrogen-bond acceptors (Lipinski definition) is 3. The molecule has 86 valence electrons. The standard InChI is InChI=1S/C10H16B2ClNO2/c1-4-10(2,3)11-8-5-7(12(15)16)6-14-9(8)13/h5-6,11,15-16H,4H2,1-3H3. The van der Waals surface area contributed by atoms with Crippen LogP contribution < -0.4 is 10.9 Å². The molecule has 0 atom stereocenters. The summed E-state index contributed by atoms with van der Waals surface area (Å²) in [5.74, 6) is 0. The van der Waals surface area contributed by atoms with E-state index in [0.717, 1.165) is 19.2 Å². The third-order valence-corrected chi connectivity index (χ3v) is 3.20. The molecule has 0 amide bonds. The van der Waals surface area contributed by atoms with Crippen LogP contribution >= 0.6 is 11.6 Å². The molecule has 6 heteroatoms. The summed E-state index contributed by atoms with van der Waals surface area (Å²) in [6.07, 6.45) is 2.41. The van der Waals surface area contributed by atoms with Crippen molar-refractivity contribution in [3.8, 4) is 0 Å². The average Bonchev–Trinajstić information content (AvgIpc) is 2.21. The molecule has 0 fully saturated rings. The summed E-state index contributed by atoms with van der Waals surface area (Å²) in [4.78, 5) is 3.96. The minimum Gasteiger partial charge on any atom is -0.423 e. The summed E-state index contributed by atoms with van der Waals surface area (Å²) < 4.78 is 0. The molecule has 0 aromatic carbocycles. The Labute approximate surface area is 102 Å². The SMILES string of the molecule is CCC(C)(C)Bc1cc(B(O)O)cnc1Cl. The van der Waals surface area contributed by atoms with Crippen molar-refractivity contribution in [2.75, 3.05) is 0 Å². The maximum absolute atomic E-state index is 9.07. The second kappa shape index (κ2) is 5.21.